The number of nitrogens with zero attached hydrogens (tertiary/aromatic N) is 1. The van der Waals surface area contributed by atoms with Crippen LogP contribution in [0.25, 0.3) is 5.57 Å². The number of benzene rings is 1. The van der Waals surface area contributed by atoms with Crippen LogP contribution in [0.1, 0.15) is 119 Å². The molecule has 232 valence electrons. The molecule has 4 nitrogen and oxygen atoms in total. The number of hydrogen-bond acceptors (Lipinski definition) is 4. The molecule has 1 aliphatic carbocycles. The van der Waals surface area contributed by atoms with Crippen LogP contribution in [0.4, 0.5) is 17.6 Å². The molecule has 1 aromatic heterocycles. The summed E-state index contributed by atoms with van der Waals surface area (Å²) in [7, 11) is -2.27. The van der Waals surface area contributed by atoms with Gasteiger partial charge in [0.2, 0.25) is 0 Å². The first-order chi connectivity index (χ1) is 19.2. The van der Waals surface area contributed by atoms with Crippen molar-refractivity contribution < 1.29 is 31.8 Å². The van der Waals surface area contributed by atoms with Crippen molar-refractivity contribution in [3.63, 3.8) is 0 Å². The Morgan fingerprint density at radius 3 is 2.33 bits per heavy atom. The molecule has 2 aliphatic rings. The fraction of sp³-hybridized carbons (Fsp3) is 0.606. The fourth-order valence-electron chi connectivity index (χ4n) is 5.82. The predicted octanol–water partition coefficient (Wildman–Crippen LogP) is 9.28. The molecular formula is C33H45F4NO3Si. The highest BCUT2D eigenvalue weighted by Gasteiger charge is 2.45. The van der Waals surface area contributed by atoms with E-state index in [2.05, 4.69) is 47.7 Å². The lowest BCUT2D eigenvalue weighted by Gasteiger charge is -2.45. The van der Waals surface area contributed by atoms with Crippen LogP contribution < -0.4 is 0 Å². The quantitative estimate of drug-likeness (QED) is 0.263. The molecule has 1 N–H and O–H groups in total. The van der Waals surface area contributed by atoms with Gasteiger partial charge in [-0.25, -0.2) is 4.39 Å². The number of alkyl halides is 3. The number of rotatable bonds is 6. The largest absolute Gasteiger partial charge is 0.416 e. The Bertz CT molecular complexity index is 1360. The van der Waals surface area contributed by atoms with Gasteiger partial charge in [-0.05, 0) is 72.0 Å². The topological polar surface area (TPSA) is 51.6 Å². The van der Waals surface area contributed by atoms with Crippen molar-refractivity contribution in [3.8, 4) is 0 Å². The third-order valence-electron chi connectivity index (χ3n) is 9.06. The highest BCUT2D eigenvalue weighted by molar-refractivity contribution is 6.74. The number of halogens is 4. The van der Waals surface area contributed by atoms with E-state index in [-0.39, 0.29) is 28.0 Å². The third kappa shape index (κ3) is 6.54. The molecule has 0 spiro atoms. The van der Waals surface area contributed by atoms with Crippen molar-refractivity contribution in [1.82, 2.24) is 4.98 Å². The average Bonchev–Trinajstić information content (AvgIpc) is 2.85. The van der Waals surface area contributed by atoms with E-state index in [1.165, 1.54) is 0 Å². The second kappa shape index (κ2) is 11.5. The summed E-state index contributed by atoms with van der Waals surface area (Å²) in [6.45, 7) is 20.2. The number of aromatic nitrogens is 1. The van der Waals surface area contributed by atoms with Gasteiger partial charge >= 0.3 is 6.18 Å². The molecule has 2 aromatic rings. The van der Waals surface area contributed by atoms with Crippen LogP contribution in [0, 0.1) is 11.2 Å². The minimum absolute atomic E-state index is 0.0517. The number of aliphatic hydroxyl groups is 1. The van der Waals surface area contributed by atoms with E-state index in [0.717, 1.165) is 40.9 Å². The summed E-state index contributed by atoms with van der Waals surface area (Å²) in [5, 5.41) is 11.9. The number of aliphatic hydroxyl groups excluding tert-OH is 1. The highest BCUT2D eigenvalue weighted by Crippen LogP contribution is 2.52. The minimum atomic E-state index is -4.69. The number of ether oxygens (including phenoxy) is 1. The predicted molar refractivity (Wildman–Crippen MR) is 160 cm³/mol. The van der Waals surface area contributed by atoms with E-state index in [1.54, 1.807) is 0 Å². The molecule has 0 fully saturated rings. The van der Waals surface area contributed by atoms with Crippen LogP contribution in [0.2, 0.25) is 18.1 Å². The Hall–Kier alpha value is -2.07. The van der Waals surface area contributed by atoms with Crippen LogP contribution >= 0.6 is 0 Å². The van der Waals surface area contributed by atoms with Gasteiger partial charge in [0.1, 0.15) is 11.9 Å². The minimum Gasteiger partial charge on any atom is -0.410 e. The van der Waals surface area contributed by atoms with Crippen molar-refractivity contribution in [2.24, 2.45) is 5.41 Å². The summed E-state index contributed by atoms with van der Waals surface area (Å²) in [6.07, 6.45) is -2.49. The zero-order valence-corrected chi connectivity index (χ0v) is 27.3. The fourth-order valence-corrected chi connectivity index (χ4v) is 7.09. The van der Waals surface area contributed by atoms with Gasteiger partial charge in [0, 0.05) is 28.1 Å². The van der Waals surface area contributed by atoms with Crippen molar-refractivity contribution in [2.75, 3.05) is 13.2 Å². The molecule has 42 heavy (non-hydrogen) atoms. The van der Waals surface area contributed by atoms with Crippen molar-refractivity contribution in [2.45, 2.75) is 110 Å². The van der Waals surface area contributed by atoms with Crippen molar-refractivity contribution in [1.29, 1.82) is 0 Å². The van der Waals surface area contributed by atoms with Gasteiger partial charge in [0.25, 0.3) is 0 Å². The smallest absolute Gasteiger partial charge is 0.410 e. The summed E-state index contributed by atoms with van der Waals surface area (Å²) < 4.78 is 68.1. The Morgan fingerprint density at radius 2 is 1.81 bits per heavy atom. The van der Waals surface area contributed by atoms with Crippen molar-refractivity contribution in [3.05, 3.63) is 69.3 Å². The molecule has 0 bridgehead atoms. The van der Waals surface area contributed by atoms with E-state index in [0.29, 0.717) is 43.4 Å². The van der Waals surface area contributed by atoms with E-state index in [1.807, 2.05) is 19.9 Å². The summed E-state index contributed by atoms with van der Waals surface area (Å²) in [6, 6.07) is 2.32. The molecule has 4 rings (SSSR count). The van der Waals surface area contributed by atoms with Gasteiger partial charge < -0.3 is 14.3 Å². The highest BCUT2D eigenvalue weighted by atomic mass is 28.4. The van der Waals surface area contributed by atoms with Crippen LogP contribution in [0.3, 0.4) is 0 Å². The zero-order chi connectivity index (χ0) is 31.4. The first kappa shape index (κ1) is 32.8. The Morgan fingerprint density at radius 1 is 1.14 bits per heavy atom. The molecule has 0 unspecified atom stereocenters. The second-order valence-corrected chi connectivity index (χ2v) is 19.2. The van der Waals surface area contributed by atoms with Crippen LogP contribution in [-0.4, -0.2) is 31.6 Å². The molecule has 1 aromatic carbocycles. The summed E-state index contributed by atoms with van der Waals surface area (Å²) in [5.74, 6) is -1.24. The van der Waals surface area contributed by atoms with Gasteiger partial charge in [0.05, 0.1) is 24.9 Å². The van der Waals surface area contributed by atoms with Gasteiger partial charge in [0.15, 0.2) is 8.32 Å². The zero-order valence-electron chi connectivity index (χ0n) is 26.3. The standard InChI is InChI=1S/C33H45F4NO3Si/c1-19(2)29-28(30(39)22-11-10-21(16-23(22)34)33(35,36)37)26(20-12-14-40-15-13-20)27-24(38-29)17-32(6,7)18-25(27)41-42(8,9)31(3,4)5/h10-12,16,19,25,30,39H,13-15,17-18H2,1-9H3/t25-,30-/m0/s1. The first-order valence-corrected chi connectivity index (χ1v) is 17.7. The number of pyridine rings is 1. The lowest BCUT2D eigenvalue weighted by Crippen LogP contribution is -2.44. The van der Waals surface area contributed by atoms with Gasteiger partial charge in [-0.3, -0.25) is 4.98 Å². The maximum Gasteiger partial charge on any atom is 0.416 e. The monoisotopic (exact) mass is 607 g/mol. The van der Waals surface area contributed by atoms with Gasteiger partial charge in [-0.1, -0.05) is 60.6 Å². The SMILES string of the molecule is CC(C)c1nc2c(c(C3=CCOCC3)c1[C@@H](O)c1ccc(C(F)(F)F)cc1F)[C@@H](O[Si](C)(C)C(C)(C)C)CC(C)(C)C2. The van der Waals surface area contributed by atoms with E-state index in [4.69, 9.17) is 14.1 Å². The summed E-state index contributed by atoms with van der Waals surface area (Å²) >= 11 is 0. The molecule has 0 saturated carbocycles. The second-order valence-electron chi connectivity index (χ2n) is 14.4. The number of fused-ring (bicyclic) bond motifs is 1. The Kier molecular flexibility index (Phi) is 8.95. The van der Waals surface area contributed by atoms with E-state index in [9.17, 15) is 18.3 Å². The summed E-state index contributed by atoms with van der Waals surface area (Å²) in [4.78, 5) is 5.15. The molecule has 2 atom stereocenters. The first-order valence-electron chi connectivity index (χ1n) is 14.8. The number of hydrogen-bond donors (Lipinski definition) is 1. The van der Waals surface area contributed by atoms with Crippen LogP contribution in [0.5, 0.6) is 0 Å². The maximum absolute atomic E-state index is 15.4. The average molecular weight is 608 g/mol. The Balaban J connectivity index is 2.04. The van der Waals surface area contributed by atoms with Gasteiger partial charge in [-0.2, -0.15) is 13.2 Å². The molecule has 2 heterocycles. The molecule has 9 heteroatoms. The lowest BCUT2D eigenvalue weighted by atomic mass is 9.71. The van der Waals surface area contributed by atoms with Crippen LogP contribution in [0.15, 0.2) is 24.3 Å². The summed E-state index contributed by atoms with van der Waals surface area (Å²) in [5.41, 5.74) is 3.24. The lowest BCUT2D eigenvalue weighted by molar-refractivity contribution is -0.137. The maximum atomic E-state index is 15.4. The third-order valence-corrected chi connectivity index (χ3v) is 13.5. The molecular weight excluding hydrogens is 562 g/mol. The normalized spacial score (nSPS) is 20.4. The molecule has 1 aliphatic heterocycles. The molecule has 0 amide bonds. The van der Waals surface area contributed by atoms with E-state index < -0.39 is 32.0 Å². The van der Waals surface area contributed by atoms with Gasteiger partial charge in [-0.15, -0.1) is 0 Å². The van der Waals surface area contributed by atoms with Crippen molar-refractivity contribution >= 4 is 13.9 Å². The molecule has 0 saturated heterocycles. The Labute approximate surface area is 248 Å². The molecule has 0 radical (unpaired) electrons. The van der Waals surface area contributed by atoms with Crippen LogP contribution in [-0.2, 0) is 21.8 Å². The van der Waals surface area contributed by atoms with E-state index >= 15 is 4.39 Å².